The highest BCUT2D eigenvalue weighted by molar-refractivity contribution is 7.89. The van der Waals surface area contributed by atoms with Crippen LogP contribution in [0.2, 0.25) is 0 Å². The summed E-state index contributed by atoms with van der Waals surface area (Å²) in [5.74, 6) is 0. The molecule has 2 saturated heterocycles. The van der Waals surface area contributed by atoms with E-state index in [9.17, 15) is 18.6 Å². The van der Waals surface area contributed by atoms with Crippen LogP contribution in [0.3, 0.4) is 0 Å². The first-order chi connectivity index (χ1) is 13.7. The van der Waals surface area contributed by atoms with Crippen molar-refractivity contribution in [2.24, 2.45) is 0 Å². The lowest BCUT2D eigenvalue weighted by Crippen LogP contribution is -2.59. The van der Waals surface area contributed by atoms with E-state index in [0.717, 1.165) is 11.1 Å². The zero-order chi connectivity index (χ0) is 20.7. The van der Waals surface area contributed by atoms with Crippen LogP contribution >= 0.6 is 0 Å². The molecule has 2 atom stereocenters. The van der Waals surface area contributed by atoms with Crippen molar-refractivity contribution < 1.29 is 23.4 Å². The quantitative estimate of drug-likeness (QED) is 0.801. The number of nitrogens with zero attached hydrogens (tertiary/aromatic N) is 1. The lowest BCUT2D eigenvalue weighted by atomic mass is 9.77. The Labute approximate surface area is 171 Å². The SMILES string of the molecule is C[C@]1(O)CC2(CCN(S(=O)(=O)c3ccc(-c4ccccc4)cc3)CC2)OC[C@@H]1O. The van der Waals surface area contributed by atoms with E-state index >= 15 is 0 Å². The first kappa shape index (κ1) is 20.5. The maximum absolute atomic E-state index is 13.1. The molecule has 0 saturated carbocycles. The van der Waals surface area contributed by atoms with Crippen LogP contribution < -0.4 is 0 Å². The van der Waals surface area contributed by atoms with Crippen LogP contribution in [0, 0.1) is 0 Å². The van der Waals surface area contributed by atoms with Crippen molar-refractivity contribution in [1.29, 1.82) is 0 Å². The van der Waals surface area contributed by atoms with E-state index in [4.69, 9.17) is 4.74 Å². The van der Waals surface area contributed by atoms with Crippen molar-refractivity contribution in [1.82, 2.24) is 4.31 Å². The maximum atomic E-state index is 13.1. The molecule has 0 radical (unpaired) electrons. The number of sulfonamides is 1. The molecule has 2 heterocycles. The minimum absolute atomic E-state index is 0.0701. The summed E-state index contributed by atoms with van der Waals surface area (Å²) >= 11 is 0. The van der Waals surface area contributed by atoms with Crippen LogP contribution in [0.25, 0.3) is 11.1 Å². The number of hydrogen-bond acceptors (Lipinski definition) is 5. The van der Waals surface area contributed by atoms with E-state index in [1.807, 2.05) is 42.5 Å². The Hall–Kier alpha value is -1.77. The second-order valence-corrected chi connectivity index (χ2v) is 10.3. The summed E-state index contributed by atoms with van der Waals surface area (Å²) in [6, 6.07) is 16.8. The van der Waals surface area contributed by atoms with Gasteiger partial charge in [0, 0.05) is 19.5 Å². The third-order valence-corrected chi connectivity index (χ3v) is 8.09. The lowest BCUT2D eigenvalue weighted by molar-refractivity contribution is -0.220. The van der Waals surface area contributed by atoms with Gasteiger partial charge in [-0.1, -0.05) is 42.5 Å². The largest absolute Gasteiger partial charge is 0.388 e. The topological polar surface area (TPSA) is 87.1 Å². The van der Waals surface area contributed by atoms with E-state index in [0.29, 0.717) is 32.4 Å². The van der Waals surface area contributed by atoms with Gasteiger partial charge in [-0.05, 0) is 43.0 Å². The molecule has 4 rings (SSSR count). The Bertz CT molecular complexity index is 948. The van der Waals surface area contributed by atoms with Gasteiger partial charge in [-0.15, -0.1) is 0 Å². The van der Waals surface area contributed by atoms with E-state index in [2.05, 4.69) is 0 Å². The number of piperidine rings is 1. The van der Waals surface area contributed by atoms with Crippen LogP contribution in [0.1, 0.15) is 26.2 Å². The summed E-state index contributed by atoms with van der Waals surface area (Å²) in [5, 5.41) is 20.3. The Kier molecular flexibility index (Phi) is 5.29. The van der Waals surface area contributed by atoms with Crippen molar-refractivity contribution in [3.63, 3.8) is 0 Å². The molecular formula is C22H27NO5S. The molecule has 2 N–H and O–H groups in total. The normalized spacial score (nSPS) is 27.8. The Morgan fingerprint density at radius 2 is 1.59 bits per heavy atom. The highest BCUT2D eigenvalue weighted by Gasteiger charge is 2.49. The van der Waals surface area contributed by atoms with E-state index in [1.54, 1.807) is 19.1 Å². The molecule has 6 nitrogen and oxygen atoms in total. The zero-order valence-corrected chi connectivity index (χ0v) is 17.3. The number of rotatable bonds is 3. The van der Waals surface area contributed by atoms with Crippen molar-refractivity contribution in [2.45, 2.75) is 48.4 Å². The fourth-order valence-electron chi connectivity index (χ4n) is 4.31. The molecular weight excluding hydrogens is 390 g/mol. The number of aliphatic hydroxyl groups excluding tert-OH is 1. The summed E-state index contributed by atoms with van der Waals surface area (Å²) in [4.78, 5) is 0.278. The minimum atomic E-state index is -3.59. The number of benzene rings is 2. The zero-order valence-electron chi connectivity index (χ0n) is 16.5. The predicted molar refractivity (Wildman–Crippen MR) is 110 cm³/mol. The highest BCUT2D eigenvalue weighted by atomic mass is 32.2. The average Bonchev–Trinajstić information content (AvgIpc) is 2.72. The van der Waals surface area contributed by atoms with Gasteiger partial charge in [-0.2, -0.15) is 4.31 Å². The van der Waals surface area contributed by atoms with Gasteiger partial charge < -0.3 is 14.9 Å². The van der Waals surface area contributed by atoms with Crippen LogP contribution in [-0.2, 0) is 14.8 Å². The van der Waals surface area contributed by atoms with Crippen LogP contribution in [0.15, 0.2) is 59.5 Å². The number of hydrogen-bond donors (Lipinski definition) is 2. The van der Waals surface area contributed by atoms with Gasteiger partial charge in [0.2, 0.25) is 10.0 Å². The number of aliphatic hydroxyl groups is 2. The van der Waals surface area contributed by atoms with Crippen LogP contribution in [0.5, 0.6) is 0 Å². The van der Waals surface area contributed by atoms with Gasteiger partial charge >= 0.3 is 0 Å². The summed E-state index contributed by atoms with van der Waals surface area (Å²) in [6.45, 7) is 2.34. The molecule has 1 spiro atoms. The Morgan fingerprint density at radius 3 is 2.17 bits per heavy atom. The Balaban J connectivity index is 1.47. The average molecular weight is 418 g/mol. The van der Waals surface area contributed by atoms with Gasteiger partial charge in [0.25, 0.3) is 0 Å². The summed E-state index contributed by atoms with van der Waals surface area (Å²) in [5.41, 5.74) is 0.219. The third kappa shape index (κ3) is 3.98. The Morgan fingerprint density at radius 1 is 1.00 bits per heavy atom. The van der Waals surface area contributed by atoms with Gasteiger partial charge in [0.1, 0.15) is 6.10 Å². The summed E-state index contributed by atoms with van der Waals surface area (Å²) < 4.78 is 33.5. The lowest BCUT2D eigenvalue weighted by Gasteiger charge is -2.49. The molecule has 2 fully saturated rings. The van der Waals surface area contributed by atoms with Crippen molar-refractivity contribution in [2.75, 3.05) is 19.7 Å². The van der Waals surface area contributed by atoms with E-state index < -0.39 is 27.3 Å². The third-order valence-electron chi connectivity index (χ3n) is 6.18. The van der Waals surface area contributed by atoms with Crippen molar-refractivity contribution >= 4 is 10.0 Å². The molecule has 0 bridgehead atoms. The second-order valence-electron chi connectivity index (χ2n) is 8.34. The fraction of sp³-hybridized carbons (Fsp3) is 0.455. The summed E-state index contributed by atoms with van der Waals surface area (Å²) in [7, 11) is -3.59. The highest BCUT2D eigenvalue weighted by Crippen LogP contribution is 2.40. The molecule has 2 aromatic carbocycles. The van der Waals surface area contributed by atoms with E-state index in [1.165, 1.54) is 4.31 Å². The standard InChI is InChI=1S/C22H27NO5S/c1-21(25)16-22(28-15-20(21)24)11-13-23(14-12-22)29(26,27)19-9-7-18(8-10-19)17-5-3-2-4-6-17/h2-10,20,24-25H,11-16H2,1H3/t20-,21-/m0/s1. The molecule has 2 aromatic rings. The van der Waals surface area contributed by atoms with Gasteiger partial charge in [0.05, 0.1) is 22.7 Å². The smallest absolute Gasteiger partial charge is 0.243 e. The second kappa shape index (κ2) is 7.49. The molecule has 29 heavy (non-hydrogen) atoms. The first-order valence-electron chi connectivity index (χ1n) is 9.92. The van der Waals surface area contributed by atoms with Crippen molar-refractivity contribution in [3.8, 4) is 11.1 Å². The van der Waals surface area contributed by atoms with Crippen LogP contribution in [0.4, 0.5) is 0 Å². The predicted octanol–water partition coefficient (Wildman–Crippen LogP) is 2.41. The molecule has 2 aliphatic heterocycles. The molecule has 156 valence electrons. The molecule has 0 unspecified atom stereocenters. The fourth-order valence-corrected chi connectivity index (χ4v) is 5.75. The van der Waals surface area contributed by atoms with Gasteiger partial charge in [0.15, 0.2) is 0 Å². The molecule has 0 aromatic heterocycles. The van der Waals surface area contributed by atoms with Gasteiger partial charge in [-0.25, -0.2) is 8.42 Å². The maximum Gasteiger partial charge on any atom is 0.243 e. The van der Waals surface area contributed by atoms with Crippen molar-refractivity contribution in [3.05, 3.63) is 54.6 Å². The van der Waals surface area contributed by atoms with E-state index in [-0.39, 0.29) is 11.5 Å². The monoisotopic (exact) mass is 417 g/mol. The van der Waals surface area contributed by atoms with Crippen LogP contribution in [-0.4, -0.2) is 59.9 Å². The molecule has 0 amide bonds. The molecule has 0 aliphatic carbocycles. The molecule has 2 aliphatic rings. The minimum Gasteiger partial charge on any atom is -0.388 e. The molecule has 7 heteroatoms. The number of ether oxygens (including phenoxy) is 1. The van der Waals surface area contributed by atoms with Gasteiger partial charge in [-0.3, -0.25) is 0 Å². The summed E-state index contributed by atoms with van der Waals surface area (Å²) in [6.07, 6.45) is 0.382. The first-order valence-corrected chi connectivity index (χ1v) is 11.4.